The lowest BCUT2D eigenvalue weighted by molar-refractivity contribution is 1.34. The van der Waals surface area contributed by atoms with Gasteiger partial charge in [0.25, 0.3) is 0 Å². The van der Waals surface area contributed by atoms with Gasteiger partial charge in [0.05, 0.1) is 17.4 Å². The summed E-state index contributed by atoms with van der Waals surface area (Å²) in [5.41, 5.74) is 3.50. The Morgan fingerprint density at radius 1 is 1.11 bits per heavy atom. The van der Waals surface area contributed by atoms with Gasteiger partial charge in [0.15, 0.2) is 0 Å². The third-order valence-electron chi connectivity index (χ3n) is 2.92. The fraction of sp³-hybridized carbons (Fsp3) is 0. The molecule has 3 nitrogen and oxygen atoms in total. The molecule has 0 aliphatic carbocycles. The molecule has 3 rings (SSSR count). The lowest BCUT2D eigenvalue weighted by Crippen LogP contribution is -1.88. The van der Waals surface area contributed by atoms with Crippen LogP contribution in [0, 0.1) is 11.3 Å². The zero-order valence-corrected chi connectivity index (χ0v) is 11.1. The van der Waals surface area contributed by atoms with Crippen molar-refractivity contribution in [3.63, 3.8) is 0 Å². The highest BCUT2D eigenvalue weighted by Crippen LogP contribution is 2.34. The molecule has 1 heterocycles. The first-order valence-corrected chi connectivity index (χ1v) is 6.28. The molecule has 0 saturated carbocycles. The quantitative estimate of drug-likeness (QED) is 0.721. The van der Waals surface area contributed by atoms with E-state index in [1.165, 1.54) is 0 Å². The third-order valence-corrected chi connectivity index (χ3v) is 3.47. The van der Waals surface area contributed by atoms with Gasteiger partial charge < -0.3 is 4.98 Å². The number of halogens is 2. The Labute approximate surface area is 119 Å². The third kappa shape index (κ3) is 1.95. The van der Waals surface area contributed by atoms with Crippen LogP contribution >= 0.6 is 23.2 Å². The number of rotatable bonds is 1. The van der Waals surface area contributed by atoms with E-state index in [0.29, 0.717) is 21.1 Å². The van der Waals surface area contributed by atoms with Crippen molar-refractivity contribution in [2.45, 2.75) is 0 Å². The Morgan fingerprint density at radius 3 is 2.63 bits per heavy atom. The van der Waals surface area contributed by atoms with Crippen molar-refractivity contribution in [1.29, 1.82) is 5.26 Å². The van der Waals surface area contributed by atoms with Crippen molar-refractivity contribution in [2.24, 2.45) is 0 Å². The summed E-state index contributed by atoms with van der Waals surface area (Å²) in [6.45, 7) is 0. The second-order valence-electron chi connectivity index (χ2n) is 4.02. The van der Waals surface area contributed by atoms with E-state index >= 15 is 0 Å². The van der Waals surface area contributed by atoms with E-state index in [0.717, 1.165) is 16.6 Å². The van der Waals surface area contributed by atoms with Crippen molar-refractivity contribution in [2.75, 3.05) is 0 Å². The van der Waals surface area contributed by atoms with E-state index in [1.807, 2.05) is 12.1 Å². The van der Waals surface area contributed by atoms with Crippen LogP contribution in [0.25, 0.3) is 22.2 Å². The average Bonchev–Trinajstić information content (AvgIpc) is 2.86. The van der Waals surface area contributed by atoms with E-state index in [-0.39, 0.29) is 0 Å². The molecule has 0 spiro atoms. The Morgan fingerprint density at radius 2 is 1.89 bits per heavy atom. The van der Waals surface area contributed by atoms with E-state index in [2.05, 4.69) is 16.0 Å². The molecule has 5 heteroatoms. The van der Waals surface area contributed by atoms with Crippen LogP contribution < -0.4 is 0 Å². The number of nitriles is 1. The monoisotopic (exact) mass is 287 g/mol. The smallest absolute Gasteiger partial charge is 0.107 e. The van der Waals surface area contributed by atoms with Crippen molar-refractivity contribution in [3.8, 4) is 17.2 Å². The summed E-state index contributed by atoms with van der Waals surface area (Å²) in [7, 11) is 0. The Kier molecular flexibility index (Phi) is 2.90. The van der Waals surface area contributed by atoms with Crippen LogP contribution in [-0.4, -0.2) is 9.97 Å². The highest BCUT2D eigenvalue weighted by atomic mass is 35.5. The topological polar surface area (TPSA) is 52.5 Å². The maximum absolute atomic E-state index is 9.37. The molecular formula is C14H7Cl2N3. The molecule has 3 aromatic rings. The molecular weight excluding hydrogens is 281 g/mol. The molecule has 0 atom stereocenters. The maximum Gasteiger partial charge on any atom is 0.107 e. The summed E-state index contributed by atoms with van der Waals surface area (Å²) in [6, 6.07) is 11.1. The van der Waals surface area contributed by atoms with Crippen LogP contribution in [0.2, 0.25) is 10.0 Å². The second-order valence-corrected chi connectivity index (χ2v) is 4.87. The summed E-state index contributed by atoms with van der Waals surface area (Å²) >= 11 is 12.1. The molecule has 2 aromatic carbocycles. The van der Waals surface area contributed by atoms with Crippen LogP contribution in [0.4, 0.5) is 0 Å². The highest BCUT2D eigenvalue weighted by Gasteiger charge is 2.13. The molecule has 92 valence electrons. The summed E-state index contributed by atoms with van der Waals surface area (Å²) in [5, 5.41) is 10.4. The standard InChI is InChI=1S/C14H7Cl2N3/c15-8-1-2-10(12(16)5-8)9-3-4-13-14(11(9)6-17)19-7-18-13/h1-5,7H,(H,18,19). The largest absolute Gasteiger partial charge is 0.345 e. The number of fused-ring (bicyclic) bond motifs is 1. The van der Waals surface area contributed by atoms with Gasteiger partial charge in [-0.05, 0) is 18.2 Å². The van der Waals surface area contributed by atoms with Crippen LogP contribution in [0.15, 0.2) is 36.7 Å². The lowest BCUT2D eigenvalue weighted by Gasteiger charge is -2.07. The lowest BCUT2D eigenvalue weighted by atomic mass is 9.99. The second kappa shape index (κ2) is 4.58. The van der Waals surface area contributed by atoms with Crippen LogP contribution in [0.1, 0.15) is 5.56 Å². The minimum atomic E-state index is 0.503. The van der Waals surface area contributed by atoms with Gasteiger partial charge in [0, 0.05) is 21.2 Å². The van der Waals surface area contributed by atoms with Gasteiger partial charge in [-0.3, -0.25) is 0 Å². The number of hydrogen-bond acceptors (Lipinski definition) is 2. The van der Waals surface area contributed by atoms with E-state index in [9.17, 15) is 5.26 Å². The fourth-order valence-electron chi connectivity index (χ4n) is 2.05. The van der Waals surface area contributed by atoms with Crippen molar-refractivity contribution >= 4 is 34.2 Å². The SMILES string of the molecule is N#Cc1c(-c2ccc(Cl)cc2Cl)ccc2[nH]cnc12. The molecule has 19 heavy (non-hydrogen) atoms. The average molecular weight is 288 g/mol. The van der Waals surface area contributed by atoms with E-state index in [1.54, 1.807) is 24.5 Å². The van der Waals surface area contributed by atoms with Gasteiger partial charge in [0.2, 0.25) is 0 Å². The number of aromatic nitrogens is 2. The molecule has 0 saturated heterocycles. The Hall–Kier alpha value is -2.02. The molecule has 0 amide bonds. The maximum atomic E-state index is 9.37. The van der Waals surface area contributed by atoms with Crippen molar-refractivity contribution < 1.29 is 0 Å². The predicted octanol–water partition coefficient (Wildman–Crippen LogP) is 4.41. The summed E-state index contributed by atoms with van der Waals surface area (Å²) in [4.78, 5) is 7.16. The molecule has 0 aliphatic rings. The van der Waals surface area contributed by atoms with Gasteiger partial charge in [-0.2, -0.15) is 5.26 Å². The summed E-state index contributed by atoms with van der Waals surface area (Å²) in [6.07, 6.45) is 1.57. The van der Waals surface area contributed by atoms with Gasteiger partial charge in [-0.1, -0.05) is 35.3 Å². The van der Waals surface area contributed by atoms with Gasteiger partial charge in [0.1, 0.15) is 11.6 Å². The molecule has 0 bridgehead atoms. The van der Waals surface area contributed by atoms with Gasteiger partial charge in [-0.25, -0.2) is 4.98 Å². The minimum Gasteiger partial charge on any atom is -0.345 e. The van der Waals surface area contributed by atoms with Gasteiger partial charge >= 0.3 is 0 Å². The molecule has 0 aliphatic heterocycles. The van der Waals surface area contributed by atoms with Crippen LogP contribution in [0.3, 0.4) is 0 Å². The number of nitrogens with one attached hydrogen (secondary N) is 1. The molecule has 0 unspecified atom stereocenters. The van der Waals surface area contributed by atoms with E-state index < -0.39 is 0 Å². The first-order valence-electron chi connectivity index (χ1n) is 5.52. The van der Waals surface area contributed by atoms with Crippen molar-refractivity contribution in [1.82, 2.24) is 9.97 Å². The number of H-pyrrole nitrogens is 1. The van der Waals surface area contributed by atoms with E-state index in [4.69, 9.17) is 23.2 Å². The van der Waals surface area contributed by atoms with Crippen LogP contribution in [0.5, 0.6) is 0 Å². The minimum absolute atomic E-state index is 0.503. The zero-order chi connectivity index (χ0) is 13.4. The van der Waals surface area contributed by atoms with Gasteiger partial charge in [-0.15, -0.1) is 0 Å². The number of nitrogens with zero attached hydrogens (tertiary/aromatic N) is 2. The number of aromatic amines is 1. The highest BCUT2D eigenvalue weighted by molar-refractivity contribution is 6.36. The normalized spacial score (nSPS) is 10.6. The molecule has 1 aromatic heterocycles. The zero-order valence-electron chi connectivity index (χ0n) is 9.61. The molecule has 0 fully saturated rings. The number of imidazole rings is 1. The Bertz CT molecular complexity index is 815. The summed E-state index contributed by atoms with van der Waals surface area (Å²) in [5.74, 6) is 0. The first-order chi connectivity index (χ1) is 9.20. The number of hydrogen-bond donors (Lipinski definition) is 1. The molecule has 1 N–H and O–H groups in total. The first kappa shape index (κ1) is 12.0. The molecule has 0 radical (unpaired) electrons. The Balaban J connectivity index is 2.33. The fourth-order valence-corrected chi connectivity index (χ4v) is 2.56. The van der Waals surface area contributed by atoms with Crippen LogP contribution in [-0.2, 0) is 0 Å². The predicted molar refractivity (Wildman–Crippen MR) is 76.3 cm³/mol. The number of benzene rings is 2. The summed E-state index contributed by atoms with van der Waals surface area (Å²) < 4.78 is 0. The van der Waals surface area contributed by atoms with Crippen molar-refractivity contribution in [3.05, 3.63) is 52.3 Å².